The average molecular weight is 457 g/mol. The quantitative estimate of drug-likeness (QED) is 0.433. The molecule has 1 heterocycles. The summed E-state index contributed by atoms with van der Waals surface area (Å²) >= 11 is 12.9. The third-order valence-electron chi connectivity index (χ3n) is 3.77. The van der Waals surface area contributed by atoms with E-state index in [0.29, 0.717) is 16.6 Å². The van der Waals surface area contributed by atoms with Crippen molar-refractivity contribution in [2.24, 2.45) is 0 Å². The van der Waals surface area contributed by atoms with Crippen LogP contribution < -0.4 is 5.32 Å². The molecule has 3 rings (SSSR count). The van der Waals surface area contributed by atoms with Gasteiger partial charge in [-0.15, -0.1) is 11.3 Å². The Labute approximate surface area is 178 Å². The number of nitrogens with one attached hydrogen (secondary N) is 1. The fraction of sp³-hybridized carbons (Fsp3) is 0.100. The van der Waals surface area contributed by atoms with Crippen LogP contribution in [0.1, 0.15) is 21.6 Å². The molecule has 1 N–H and O–H groups in total. The summed E-state index contributed by atoms with van der Waals surface area (Å²) in [5, 5.41) is 3.23. The number of carbonyl (C=O) groups is 1. The van der Waals surface area contributed by atoms with E-state index in [1.807, 2.05) is 18.2 Å². The second-order valence-electron chi connectivity index (χ2n) is 6.00. The molecule has 0 atom stereocenters. The molecular formula is C20H13Cl2F3N2OS. The maximum Gasteiger partial charge on any atom is 0.417 e. The molecule has 0 bridgehead atoms. The van der Waals surface area contributed by atoms with Crippen molar-refractivity contribution < 1.29 is 18.0 Å². The third-order valence-corrected chi connectivity index (χ3v) is 5.25. The number of hydrogen-bond acceptors (Lipinski definition) is 3. The fourth-order valence-electron chi connectivity index (χ4n) is 2.48. The standard InChI is InChI=1S/C20H13Cl2F3N2OS/c21-14-3-1-2-13(8-14)9-15-11-26-19(29-15)27-18(28)7-5-12-4-6-17(22)16(10-12)20(23,24)25/h1-8,10-11H,9H2,(H,26,27,28)/b7-5+. The van der Waals surface area contributed by atoms with Gasteiger partial charge >= 0.3 is 6.18 Å². The number of thiazole rings is 1. The molecule has 29 heavy (non-hydrogen) atoms. The van der Waals surface area contributed by atoms with Gasteiger partial charge < -0.3 is 0 Å². The molecule has 0 fully saturated rings. The van der Waals surface area contributed by atoms with E-state index in [0.717, 1.165) is 28.6 Å². The predicted octanol–water partition coefficient (Wildman–Crippen LogP) is 6.71. The van der Waals surface area contributed by atoms with Gasteiger partial charge in [0, 0.05) is 28.6 Å². The Morgan fingerprint density at radius 1 is 1.17 bits per heavy atom. The Morgan fingerprint density at radius 2 is 1.97 bits per heavy atom. The summed E-state index contributed by atoms with van der Waals surface area (Å²) in [4.78, 5) is 17.1. The van der Waals surface area contributed by atoms with Crippen LogP contribution in [0.25, 0.3) is 6.08 Å². The van der Waals surface area contributed by atoms with Gasteiger partial charge in [-0.2, -0.15) is 13.2 Å². The lowest BCUT2D eigenvalue weighted by Gasteiger charge is -2.09. The minimum atomic E-state index is -4.57. The van der Waals surface area contributed by atoms with Gasteiger partial charge in [0.15, 0.2) is 5.13 Å². The highest BCUT2D eigenvalue weighted by Crippen LogP contribution is 2.35. The van der Waals surface area contributed by atoms with Gasteiger partial charge in [-0.25, -0.2) is 4.98 Å². The number of alkyl halides is 3. The monoisotopic (exact) mass is 456 g/mol. The Kier molecular flexibility index (Phi) is 6.62. The van der Waals surface area contributed by atoms with E-state index in [-0.39, 0.29) is 5.56 Å². The Bertz CT molecular complexity index is 1060. The molecule has 0 aliphatic rings. The molecule has 1 amide bonds. The number of aromatic nitrogens is 1. The van der Waals surface area contributed by atoms with Crippen molar-refractivity contribution in [3.8, 4) is 0 Å². The van der Waals surface area contributed by atoms with Crippen molar-refractivity contribution in [3.63, 3.8) is 0 Å². The first-order valence-electron chi connectivity index (χ1n) is 8.25. The van der Waals surface area contributed by atoms with E-state index in [1.54, 1.807) is 12.3 Å². The maximum absolute atomic E-state index is 12.9. The normalized spacial score (nSPS) is 11.8. The van der Waals surface area contributed by atoms with Gasteiger partial charge in [-0.3, -0.25) is 10.1 Å². The second-order valence-corrected chi connectivity index (χ2v) is 7.96. The van der Waals surface area contributed by atoms with E-state index in [4.69, 9.17) is 23.2 Å². The first-order valence-corrected chi connectivity index (χ1v) is 9.83. The molecule has 0 aliphatic carbocycles. The number of anilines is 1. The van der Waals surface area contributed by atoms with Crippen molar-refractivity contribution in [1.29, 1.82) is 0 Å². The van der Waals surface area contributed by atoms with E-state index in [2.05, 4.69) is 10.3 Å². The molecule has 150 valence electrons. The number of nitrogens with zero attached hydrogens (tertiary/aromatic N) is 1. The first kappa shape index (κ1) is 21.4. The van der Waals surface area contributed by atoms with Crippen LogP contribution >= 0.6 is 34.5 Å². The van der Waals surface area contributed by atoms with Gasteiger partial charge in [-0.05, 0) is 41.5 Å². The number of halogens is 5. The topological polar surface area (TPSA) is 42.0 Å². The Morgan fingerprint density at radius 3 is 2.69 bits per heavy atom. The number of carbonyl (C=O) groups excluding carboxylic acids is 1. The molecule has 0 radical (unpaired) electrons. The second kappa shape index (κ2) is 8.98. The molecular weight excluding hydrogens is 444 g/mol. The van der Waals surface area contributed by atoms with Gasteiger partial charge in [0.05, 0.1) is 10.6 Å². The maximum atomic E-state index is 12.9. The Balaban J connectivity index is 1.63. The van der Waals surface area contributed by atoms with Crippen LogP contribution in [0.15, 0.2) is 54.7 Å². The zero-order valence-electron chi connectivity index (χ0n) is 14.6. The van der Waals surface area contributed by atoms with Crippen LogP contribution in [0.4, 0.5) is 18.3 Å². The minimum absolute atomic E-state index is 0.206. The summed E-state index contributed by atoms with van der Waals surface area (Å²) < 4.78 is 38.7. The fourth-order valence-corrected chi connectivity index (χ4v) is 3.77. The molecule has 0 unspecified atom stereocenters. The zero-order valence-corrected chi connectivity index (χ0v) is 17.0. The highest BCUT2D eigenvalue weighted by atomic mass is 35.5. The predicted molar refractivity (Wildman–Crippen MR) is 110 cm³/mol. The summed E-state index contributed by atoms with van der Waals surface area (Å²) in [5.74, 6) is -0.503. The molecule has 0 aliphatic heterocycles. The lowest BCUT2D eigenvalue weighted by atomic mass is 10.1. The van der Waals surface area contributed by atoms with E-state index < -0.39 is 22.7 Å². The van der Waals surface area contributed by atoms with Gasteiger partial charge in [0.2, 0.25) is 5.91 Å². The van der Waals surface area contributed by atoms with E-state index in [9.17, 15) is 18.0 Å². The van der Waals surface area contributed by atoms with Gasteiger partial charge in [-0.1, -0.05) is 41.4 Å². The van der Waals surface area contributed by atoms with Crippen LogP contribution in [-0.4, -0.2) is 10.9 Å². The SMILES string of the molecule is O=C(/C=C/c1ccc(Cl)c(C(F)(F)F)c1)Nc1ncc(Cc2cccc(Cl)c2)s1. The lowest BCUT2D eigenvalue weighted by Crippen LogP contribution is -2.07. The van der Waals surface area contributed by atoms with Crippen molar-refractivity contribution in [3.05, 3.63) is 86.4 Å². The van der Waals surface area contributed by atoms with Crippen molar-refractivity contribution in [2.75, 3.05) is 5.32 Å². The minimum Gasteiger partial charge on any atom is -0.298 e. The molecule has 0 saturated heterocycles. The third kappa shape index (κ3) is 6.06. The van der Waals surface area contributed by atoms with E-state index >= 15 is 0 Å². The smallest absolute Gasteiger partial charge is 0.298 e. The zero-order chi connectivity index (χ0) is 21.0. The van der Waals surface area contributed by atoms with Gasteiger partial charge in [0.1, 0.15) is 0 Å². The van der Waals surface area contributed by atoms with Crippen LogP contribution in [0, 0.1) is 0 Å². The molecule has 3 aromatic rings. The summed E-state index contributed by atoms with van der Waals surface area (Å²) in [5.41, 5.74) is 0.270. The summed E-state index contributed by atoms with van der Waals surface area (Å²) in [6.07, 6.45) is 0.126. The van der Waals surface area contributed by atoms with Crippen molar-refractivity contribution in [1.82, 2.24) is 4.98 Å². The van der Waals surface area contributed by atoms with Crippen molar-refractivity contribution in [2.45, 2.75) is 12.6 Å². The highest BCUT2D eigenvalue weighted by Gasteiger charge is 2.33. The molecule has 0 spiro atoms. The molecule has 2 aromatic carbocycles. The number of amides is 1. The number of rotatable bonds is 5. The van der Waals surface area contributed by atoms with Crippen molar-refractivity contribution >= 4 is 51.7 Å². The number of hydrogen-bond donors (Lipinski definition) is 1. The summed E-state index contributed by atoms with van der Waals surface area (Å²) in [6.45, 7) is 0. The van der Waals surface area contributed by atoms with Gasteiger partial charge in [0.25, 0.3) is 0 Å². The van der Waals surface area contributed by atoms with Crippen LogP contribution in [0.3, 0.4) is 0 Å². The molecule has 0 saturated carbocycles. The number of benzene rings is 2. The lowest BCUT2D eigenvalue weighted by molar-refractivity contribution is -0.137. The average Bonchev–Trinajstić information content (AvgIpc) is 3.06. The largest absolute Gasteiger partial charge is 0.417 e. The highest BCUT2D eigenvalue weighted by molar-refractivity contribution is 7.15. The summed E-state index contributed by atoms with van der Waals surface area (Å²) in [7, 11) is 0. The molecule has 9 heteroatoms. The van der Waals surface area contributed by atoms with Crippen LogP contribution in [-0.2, 0) is 17.4 Å². The van der Waals surface area contributed by atoms with Crippen LogP contribution in [0.5, 0.6) is 0 Å². The summed E-state index contributed by atoms with van der Waals surface area (Å²) in [6, 6.07) is 10.9. The van der Waals surface area contributed by atoms with Crippen LogP contribution in [0.2, 0.25) is 10.0 Å². The van der Waals surface area contributed by atoms with E-state index in [1.165, 1.54) is 23.5 Å². The molecule has 3 nitrogen and oxygen atoms in total. The Hall–Kier alpha value is -2.35. The molecule has 1 aromatic heterocycles. The first-order chi connectivity index (χ1) is 13.7.